The molecule has 1 nitrogen and oxygen atoms in total. The second kappa shape index (κ2) is 5.42. The van der Waals surface area contributed by atoms with E-state index in [9.17, 15) is 0 Å². The zero-order valence-electron chi connectivity index (χ0n) is 8.41. The zero-order valence-corrected chi connectivity index (χ0v) is 9.22. The van der Waals surface area contributed by atoms with E-state index in [1.807, 2.05) is 11.8 Å². The Morgan fingerprint density at radius 1 is 1.14 bits per heavy atom. The normalized spacial score (nSPS) is 23.0. The van der Waals surface area contributed by atoms with Gasteiger partial charge in [0.25, 0.3) is 0 Å². The van der Waals surface area contributed by atoms with E-state index in [4.69, 9.17) is 0 Å². The Hall–Kier alpha value is -0.470. The summed E-state index contributed by atoms with van der Waals surface area (Å²) in [5, 5.41) is 4.26. The number of nitrogens with one attached hydrogen (secondary N) is 1. The first kappa shape index (κ1) is 10.1. The van der Waals surface area contributed by atoms with Crippen LogP contribution in [-0.2, 0) is 0 Å². The van der Waals surface area contributed by atoms with Crippen LogP contribution in [0.3, 0.4) is 0 Å². The van der Waals surface area contributed by atoms with Gasteiger partial charge in [-0.2, -0.15) is 0 Å². The Labute approximate surface area is 90.3 Å². The van der Waals surface area contributed by atoms with E-state index in [1.165, 1.54) is 37.2 Å². The van der Waals surface area contributed by atoms with Crippen molar-refractivity contribution < 1.29 is 0 Å². The summed E-state index contributed by atoms with van der Waals surface area (Å²) in [6, 6.07) is 10.7. The highest BCUT2D eigenvalue weighted by molar-refractivity contribution is 8.00. The molecule has 0 bridgehead atoms. The summed E-state index contributed by atoms with van der Waals surface area (Å²) in [7, 11) is 0. The predicted molar refractivity (Wildman–Crippen MR) is 62.8 cm³/mol. The van der Waals surface area contributed by atoms with E-state index >= 15 is 0 Å². The van der Waals surface area contributed by atoms with Crippen LogP contribution < -0.4 is 5.32 Å². The summed E-state index contributed by atoms with van der Waals surface area (Å²) in [4.78, 5) is 1.40. The SMILES string of the molecule is c1ccc(SC2CCCCNC2)cc1. The first-order valence-electron chi connectivity index (χ1n) is 5.37. The van der Waals surface area contributed by atoms with Gasteiger partial charge in [0.05, 0.1) is 0 Å². The molecule has 1 saturated heterocycles. The summed E-state index contributed by atoms with van der Waals surface area (Å²) in [6.07, 6.45) is 4.07. The largest absolute Gasteiger partial charge is 0.316 e. The van der Waals surface area contributed by atoms with Crippen LogP contribution in [0.25, 0.3) is 0 Å². The molecular weight excluding hydrogens is 190 g/mol. The molecule has 0 spiro atoms. The van der Waals surface area contributed by atoms with Crippen LogP contribution in [0, 0.1) is 0 Å². The summed E-state index contributed by atoms with van der Waals surface area (Å²) < 4.78 is 0. The number of hydrogen-bond acceptors (Lipinski definition) is 2. The smallest absolute Gasteiger partial charge is 0.0219 e. The van der Waals surface area contributed by atoms with Crippen molar-refractivity contribution in [1.29, 1.82) is 0 Å². The van der Waals surface area contributed by atoms with Crippen LogP contribution in [0.4, 0.5) is 0 Å². The Kier molecular flexibility index (Phi) is 3.90. The Morgan fingerprint density at radius 3 is 2.86 bits per heavy atom. The van der Waals surface area contributed by atoms with Gasteiger partial charge in [-0.05, 0) is 31.5 Å². The summed E-state index contributed by atoms with van der Waals surface area (Å²) in [5.41, 5.74) is 0. The van der Waals surface area contributed by atoms with Gasteiger partial charge in [0, 0.05) is 16.7 Å². The van der Waals surface area contributed by atoms with Gasteiger partial charge < -0.3 is 5.32 Å². The minimum absolute atomic E-state index is 0.764. The van der Waals surface area contributed by atoms with Gasteiger partial charge in [0.1, 0.15) is 0 Å². The molecule has 0 amide bonds. The van der Waals surface area contributed by atoms with Gasteiger partial charge in [-0.25, -0.2) is 0 Å². The van der Waals surface area contributed by atoms with Gasteiger partial charge in [-0.3, -0.25) is 0 Å². The number of benzene rings is 1. The van der Waals surface area contributed by atoms with E-state index in [1.54, 1.807) is 0 Å². The first-order valence-corrected chi connectivity index (χ1v) is 6.25. The van der Waals surface area contributed by atoms with Crippen molar-refractivity contribution in [2.24, 2.45) is 0 Å². The summed E-state index contributed by atoms with van der Waals surface area (Å²) in [5.74, 6) is 0. The molecule has 1 N–H and O–H groups in total. The number of thioether (sulfide) groups is 1. The van der Waals surface area contributed by atoms with Crippen LogP contribution in [0.5, 0.6) is 0 Å². The molecule has 1 aliphatic heterocycles. The lowest BCUT2D eigenvalue weighted by Crippen LogP contribution is -2.22. The van der Waals surface area contributed by atoms with Crippen LogP contribution in [-0.4, -0.2) is 18.3 Å². The molecule has 1 atom stereocenters. The highest BCUT2D eigenvalue weighted by Gasteiger charge is 2.12. The minimum Gasteiger partial charge on any atom is -0.316 e. The summed E-state index contributed by atoms with van der Waals surface area (Å²) >= 11 is 2.02. The Morgan fingerprint density at radius 2 is 2.00 bits per heavy atom. The molecule has 0 aliphatic carbocycles. The molecule has 1 heterocycles. The van der Waals surface area contributed by atoms with Gasteiger partial charge >= 0.3 is 0 Å². The molecular formula is C12H17NS. The first-order chi connectivity index (χ1) is 6.95. The Bertz CT molecular complexity index is 252. The van der Waals surface area contributed by atoms with Crippen molar-refractivity contribution >= 4 is 11.8 Å². The van der Waals surface area contributed by atoms with Crippen molar-refractivity contribution in [3.8, 4) is 0 Å². The predicted octanol–water partition coefficient (Wildman–Crippen LogP) is 2.92. The van der Waals surface area contributed by atoms with Crippen molar-refractivity contribution in [3.05, 3.63) is 30.3 Å². The number of rotatable bonds is 2. The summed E-state index contributed by atoms with van der Waals surface area (Å²) in [6.45, 7) is 2.37. The van der Waals surface area contributed by atoms with E-state index < -0.39 is 0 Å². The van der Waals surface area contributed by atoms with Crippen LogP contribution in [0.2, 0.25) is 0 Å². The van der Waals surface area contributed by atoms with Gasteiger partial charge in [0.15, 0.2) is 0 Å². The average Bonchev–Trinajstić information content (AvgIpc) is 2.48. The lowest BCUT2D eigenvalue weighted by molar-refractivity contribution is 0.706. The maximum atomic E-state index is 3.50. The van der Waals surface area contributed by atoms with Crippen LogP contribution in [0.1, 0.15) is 19.3 Å². The fourth-order valence-corrected chi connectivity index (χ4v) is 2.96. The maximum Gasteiger partial charge on any atom is 0.0219 e. The molecule has 1 aliphatic rings. The molecule has 1 aromatic carbocycles. The van der Waals surface area contributed by atoms with Crippen molar-refractivity contribution in [2.75, 3.05) is 13.1 Å². The minimum atomic E-state index is 0.764. The lowest BCUT2D eigenvalue weighted by atomic mass is 10.2. The van der Waals surface area contributed by atoms with Crippen molar-refractivity contribution in [2.45, 2.75) is 29.4 Å². The zero-order chi connectivity index (χ0) is 9.64. The van der Waals surface area contributed by atoms with Gasteiger partial charge in [-0.15, -0.1) is 11.8 Å². The third kappa shape index (κ3) is 3.03. The number of hydrogen-bond donors (Lipinski definition) is 1. The highest BCUT2D eigenvalue weighted by atomic mass is 32.2. The molecule has 14 heavy (non-hydrogen) atoms. The van der Waals surface area contributed by atoms with E-state index in [0.717, 1.165) is 5.25 Å². The second-order valence-corrected chi connectivity index (χ2v) is 5.13. The molecule has 1 unspecified atom stereocenters. The molecule has 2 heteroatoms. The quantitative estimate of drug-likeness (QED) is 0.800. The molecule has 1 aromatic rings. The Balaban J connectivity index is 1.90. The molecule has 76 valence electrons. The van der Waals surface area contributed by atoms with E-state index in [-0.39, 0.29) is 0 Å². The van der Waals surface area contributed by atoms with Crippen molar-refractivity contribution in [3.63, 3.8) is 0 Å². The van der Waals surface area contributed by atoms with Gasteiger partial charge in [-0.1, -0.05) is 24.6 Å². The standard InChI is InChI=1S/C12H17NS/c1-2-6-11(7-3-1)14-12-8-4-5-9-13-10-12/h1-3,6-7,12-13H,4-5,8-10H2. The molecule has 0 aromatic heterocycles. The fraction of sp³-hybridized carbons (Fsp3) is 0.500. The fourth-order valence-electron chi connectivity index (χ4n) is 1.78. The highest BCUT2D eigenvalue weighted by Crippen LogP contribution is 2.26. The van der Waals surface area contributed by atoms with Crippen LogP contribution in [0.15, 0.2) is 35.2 Å². The third-order valence-corrected chi connectivity index (χ3v) is 3.83. The molecule has 1 fully saturated rings. The van der Waals surface area contributed by atoms with E-state index in [0.29, 0.717) is 0 Å². The second-order valence-electron chi connectivity index (χ2n) is 3.75. The maximum absolute atomic E-state index is 3.50. The lowest BCUT2D eigenvalue weighted by Gasteiger charge is -2.13. The monoisotopic (exact) mass is 207 g/mol. The van der Waals surface area contributed by atoms with Crippen LogP contribution >= 0.6 is 11.8 Å². The molecule has 0 radical (unpaired) electrons. The average molecular weight is 207 g/mol. The van der Waals surface area contributed by atoms with E-state index in [2.05, 4.69) is 35.6 Å². The topological polar surface area (TPSA) is 12.0 Å². The molecule has 0 saturated carbocycles. The van der Waals surface area contributed by atoms with Gasteiger partial charge in [0.2, 0.25) is 0 Å². The van der Waals surface area contributed by atoms with Crippen molar-refractivity contribution in [1.82, 2.24) is 5.32 Å². The molecule has 2 rings (SSSR count). The third-order valence-electron chi connectivity index (χ3n) is 2.55.